The zero-order valence-corrected chi connectivity index (χ0v) is 13.2. The molecular weight excluding hydrogens is 360 g/mol. The highest BCUT2D eigenvalue weighted by Gasteiger charge is 2.12. The number of nitro groups is 1. The summed E-state index contributed by atoms with van der Waals surface area (Å²) in [6, 6.07) is 8.51. The minimum absolute atomic E-state index is 0.0801. The number of thiazole rings is 1. The van der Waals surface area contributed by atoms with Crippen LogP contribution >= 0.6 is 38.6 Å². The molecular formula is C13H7BrN2O2S2. The van der Waals surface area contributed by atoms with E-state index in [9.17, 15) is 10.1 Å². The van der Waals surface area contributed by atoms with Crippen molar-refractivity contribution < 1.29 is 4.92 Å². The van der Waals surface area contributed by atoms with Gasteiger partial charge in [0.05, 0.1) is 15.5 Å². The number of halogens is 1. The monoisotopic (exact) mass is 366 g/mol. The molecule has 2 heterocycles. The van der Waals surface area contributed by atoms with Crippen molar-refractivity contribution in [1.82, 2.24) is 4.98 Å². The van der Waals surface area contributed by atoms with Gasteiger partial charge in [0, 0.05) is 27.5 Å². The van der Waals surface area contributed by atoms with Crippen molar-refractivity contribution in [2.75, 3.05) is 0 Å². The molecule has 0 amide bonds. The van der Waals surface area contributed by atoms with Gasteiger partial charge in [-0.25, -0.2) is 4.98 Å². The number of hydrogen-bond acceptors (Lipinski definition) is 5. The van der Waals surface area contributed by atoms with Gasteiger partial charge in [0.1, 0.15) is 5.01 Å². The van der Waals surface area contributed by atoms with E-state index < -0.39 is 4.92 Å². The zero-order valence-electron chi connectivity index (χ0n) is 9.95. The van der Waals surface area contributed by atoms with Gasteiger partial charge in [-0.15, -0.1) is 22.7 Å². The Labute approximate surface area is 131 Å². The Hall–Kier alpha value is -1.57. The van der Waals surface area contributed by atoms with Crippen molar-refractivity contribution in [1.29, 1.82) is 0 Å². The normalized spacial score (nSPS) is 10.7. The molecule has 20 heavy (non-hydrogen) atoms. The van der Waals surface area contributed by atoms with Gasteiger partial charge in [0.15, 0.2) is 0 Å². The molecule has 0 unspecified atom stereocenters. The fraction of sp³-hybridized carbons (Fsp3) is 0. The van der Waals surface area contributed by atoms with E-state index in [-0.39, 0.29) is 5.69 Å². The fourth-order valence-electron chi connectivity index (χ4n) is 1.74. The molecule has 7 heteroatoms. The fourth-order valence-corrected chi connectivity index (χ4v) is 4.16. The second-order valence-corrected chi connectivity index (χ2v) is 6.57. The molecule has 0 spiro atoms. The van der Waals surface area contributed by atoms with E-state index in [0.717, 1.165) is 25.6 Å². The Kier molecular flexibility index (Phi) is 3.64. The molecule has 0 N–H and O–H groups in total. The van der Waals surface area contributed by atoms with Gasteiger partial charge in [0.25, 0.3) is 5.69 Å². The van der Waals surface area contributed by atoms with Crippen LogP contribution in [0.1, 0.15) is 0 Å². The van der Waals surface area contributed by atoms with Crippen molar-refractivity contribution in [2.24, 2.45) is 0 Å². The third-order valence-electron chi connectivity index (χ3n) is 2.66. The van der Waals surface area contributed by atoms with Crippen LogP contribution < -0.4 is 0 Å². The number of hydrogen-bond donors (Lipinski definition) is 0. The van der Waals surface area contributed by atoms with E-state index in [1.807, 2.05) is 22.9 Å². The molecule has 3 rings (SSSR count). The predicted octanol–water partition coefficient (Wildman–Crippen LogP) is 5.21. The Morgan fingerprint density at radius 3 is 2.80 bits per heavy atom. The predicted molar refractivity (Wildman–Crippen MR) is 85.2 cm³/mol. The lowest BCUT2D eigenvalue weighted by Crippen LogP contribution is -1.87. The molecule has 0 aliphatic carbocycles. The lowest BCUT2D eigenvalue weighted by atomic mass is 10.2. The summed E-state index contributed by atoms with van der Waals surface area (Å²) in [5.74, 6) is 0. The highest BCUT2D eigenvalue weighted by molar-refractivity contribution is 9.10. The van der Waals surface area contributed by atoms with Gasteiger partial charge in [-0.05, 0) is 27.4 Å². The van der Waals surface area contributed by atoms with Crippen LogP contribution in [0.4, 0.5) is 5.69 Å². The maximum Gasteiger partial charge on any atom is 0.270 e. The van der Waals surface area contributed by atoms with Crippen LogP contribution in [0.15, 0.2) is 45.6 Å². The first-order valence-corrected chi connectivity index (χ1v) is 8.14. The average Bonchev–Trinajstić information content (AvgIpc) is 3.07. The Morgan fingerprint density at radius 1 is 1.25 bits per heavy atom. The summed E-state index contributed by atoms with van der Waals surface area (Å²) < 4.78 is 1.01. The van der Waals surface area contributed by atoms with Gasteiger partial charge >= 0.3 is 0 Å². The van der Waals surface area contributed by atoms with Crippen LogP contribution in [0.25, 0.3) is 21.1 Å². The Morgan fingerprint density at radius 2 is 2.10 bits per heavy atom. The summed E-state index contributed by atoms with van der Waals surface area (Å²) in [5, 5.41) is 15.5. The molecule has 0 saturated carbocycles. The third kappa shape index (κ3) is 2.52. The van der Waals surface area contributed by atoms with Gasteiger partial charge < -0.3 is 0 Å². The molecule has 0 aliphatic heterocycles. The lowest BCUT2D eigenvalue weighted by Gasteiger charge is -1.96. The van der Waals surface area contributed by atoms with E-state index in [1.54, 1.807) is 23.5 Å². The summed E-state index contributed by atoms with van der Waals surface area (Å²) in [4.78, 5) is 16.0. The van der Waals surface area contributed by atoms with Crippen LogP contribution in [-0.2, 0) is 0 Å². The first-order valence-electron chi connectivity index (χ1n) is 5.59. The highest BCUT2D eigenvalue weighted by atomic mass is 79.9. The standard InChI is InChI=1S/C13H7BrN2O2S2/c14-10-4-5-19-12(10)11-7-20-13(15-11)8-2-1-3-9(6-8)16(17)18/h1-7H. The molecule has 2 aromatic heterocycles. The van der Waals surface area contributed by atoms with Crippen LogP contribution in [0, 0.1) is 10.1 Å². The quantitative estimate of drug-likeness (QED) is 0.472. The number of non-ortho nitro benzene ring substituents is 1. The average molecular weight is 367 g/mol. The minimum Gasteiger partial charge on any atom is -0.258 e. The zero-order chi connectivity index (χ0) is 14.1. The first kappa shape index (κ1) is 13.4. The molecule has 0 bridgehead atoms. The van der Waals surface area contributed by atoms with E-state index in [2.05, 4.69) is 20.9 Å². The number of rotatable bonds is 3. The smallest absolute Gasteiger partial charge is 0.258 e. The number of nitrogens with zero attached hydrogens (tertiary/aromatic N) is 2. The Bertz CT molecular complexity index is 782. The van der Waals surface area contributed by atoms with Crippen molar-refractivity contribution in [3.8, 4) is 21.1 Å². The minimum atomic E-state index is -0.395. The molecule has 0 fully saturated rings. The summed E-state index contributed by atoms with van der Waals surface area (Å²) in [6.45, 7) is 0. The molecule has 0 saturated heterocycles. The van der Waals surface area contributed by atoms with E-state index in [0.29, 0.717) is 0 Å². The summed E-state index contributed by atoms with van der Waals surface area (Å²) in [7, 11) is 0. The second kappa shape index (κ2) is 5.43. The topological polar surface area (TPSA) is 56.0 Å². The molecule has 0 radical (unpaired) electrons. The van der Waals surface area contributed by atoms with Crippen LogP contribution in [0.2, 0.25) is 0 Å². The van der Waals surface area contributed by atoms with Crippen molar-refractivity contribution >= 4 is 44.3 Å². The Balaban J connectivity index is 2.00. The van der Waals surface area contributed by atoms with Gasteiger partial charge in [-0.2, -0.15) is 0 Å². The molecule has 3 aromatic rings. The van der Waals surface area contributed by atoms with Gasteiger partial charge in [-0.3, -0.25) is 10.1 Å². The molecule has 0 atom stereocenters. The number of thiophene rings is 1. The number of benzene rings is 1. The van der Waals surface area contributed by atoms with Crippen LogP contribution in [0.3, 0.4) is 0 Å². The van der Waals surface area contributed by atoms with Crippen LogP contribution in [-0.4, -0.2) is 9.91 Å². The number of nitro benzene ring substituents is 1. The SMILES string of the molecule is O=[N+]([O-])c1cccc(-c2nc(-c3sccc3Br)cs2)c1. The van der Waals surface area contributed by atoms with E-state index in [4.69, 9.17) is 0 Å². The third-order valence-corrected chi connectivity index (χ3v) is 5.41. The molecule has 4 nitrogen and oxygen atoms in total. The molecule has 0 aliphatic rings. The van der Waals surface area contributed by atoms with E-state index in [1.165, 1.54) is 17.4 Å². The summed E-state index contributed by atoms with van der Waals surface area (Å²) in [6.07, 6.45) is 0. The number of aromatic nitrogens is 1. The van der Waals surface area contributed by atoms with Crippen molar-refractivity contribution in [2.45, 2.75) is 0 Å². The summed E-state index contributed by atoms with van der Waals surface area (Å²) in [5.41, 5.74) is 1.73. The largest absolute Gasteiger partial charge is 0.270 e. The lowest BCUT2D eigenvalue weighted by molar-refractivity contribution is -0.384. The van der Waals surface area contributed by atoms with Gasteiger partial charge in [-0.1, -0.05) is 12.1 Å². The maximum atomic E-state index is 10.8. The van der Waals surface area contributed by atoms with Gasteiger partial charge in [0.2, 0.25) is 0 Å². The molecule has 1 aromatic carbocycles. The second-order valence-electron chi connectivity index (χ2n) is 3.94. The van der Waals surface area contributed by atoms with E-state index >= 15 is 0 Å². The van der Waals surface area contributed by atoms with Crippen molar-refractivity contribution in [3.63, 3.8) is 0 Å². The molecule has 100 valence electrons. The first-order chi connectivity index (χ1) is 9.65. The van der Waals surface area contributed by atoms with Crippen LogP contribution in [0.5, 0.6) is 0 Å². The highest BCUT2D eigenvalue weighted by Crippen LogP contribution is 2.36. The van der Waals surface area contributed by atoms with Crippen molar-refractivity contribution in [3.05, 3.63) is 55.7 Å². The maximum absolute atomic E-state index is 10.8. The summed E-state index contributed by atoms with van der Waals surface area (Å²) >= 11 is 6.58.